The number of nitrogens with one attached hydrogen (secondary N) is 1. The number of aryl methyl sites for hydroxylation is 1. The third-order valence-electron chi connectivity index (χ3n) is 3.44. The second-order valence-electron chi connectivity index (χ2n) is 4.91. The van der Waals surface area contributed by atoms with Crippen molar-refractivity contribution in [3.8, 4) is 0 Å². The summed E-state index contributed by atoms with van der Waals surface area (Å²) in [6, 6.07) is 7.31. The molecule has 0 unspecified atom stereocenters. The van der Waals surface area contributed by atoms with Crippen LogP contribution in [0.25, 0.3) is 10.9 Å². The van der Waals surface area contributed by atoms with Crippen LogP contribution in [-0.2, 0) is 13.5 Å². The standard InChI is InChI=1S/C14H17BrN2/c1-17-9-10(6-7-16-12-3-4-12)13-8-11(15)2-5-14(13)17/h2,5,8-9,12,16H,3-4,6-7H2,1H3. The lowest BCUT2D eigenvalue weighted by atomic mass is 10.1. The summed E-state index contributed by atoms with van der Waals surface area (Å²) in [6.07, 6.45) is 6.10. The van der Waals surface area contributed by atoms with E-state index in [0.29, 0.717) is 0 Å². The lowest BCUT2D eigenvalue weighted by molar-refractivity contribution is 0.682. The Labute approximate surface area is 110 Å². The fourth-order valence-electron chi connectivity index (χ4n) is 2.34. The highest BCUT2D eigenvalue weighted by atomic mass is 79.9. The molecule has 0 saturated heterocycles. The number of nitrogens with zero attached hydrogens (tertiary/aromatic N) is 1. The largest absolute Gasteiger partial charge is 0.350 e. The second kappa shape index (κ2) is 4.46. The van der Waals surface area contributed by atoms with E-state index in [9.17, 15) is 0 Å². The summed E-state index contributed by atoms with van der Waals surface area (Å²) in [4.78, 5) is 0. The molecule has 90 valence electrons. The topological polar surface area (TPSA) is 17.0 Å². The van der Waals surface area contributed by atoms with E-state index < -0.39 is 0 Å². The van der Waals surface area contributed by atoms with Gasteiger partial charge in [-0.3, -0.25) is 0 Å². The summed E-state index contributed by atoms with van der Waals surface area (Å²) in [5.41, 5.74) is 2.76. The van der Waals surface area contributed by atoms with Gasteiger partial charge in [-0.1, -0.05) is 15.9 Å². The van der Waals surface area contributed by atoms with Gasteiger partial charge in [0.25, 0.3) is 0 Å². The molecule has 3 rings (SSSR count). The van der Waals surface area contributed by atoms with E-state index in [1.165, 1.54) is 29.3 Å². The molecular formula is C14H17BrN2. The Balaban J connectivity index is 1.83. The average Bonchev–Trinajstić information content (AvgIpc) is 3.06. The van der Waals surface area contributed by atoms with Gasteiger partial charge in [-0.05, 0) is 49.6 Å². The molecule has 2 nitrogen and oxygen atoms in total. The minimum absolute atomic E-state index is 0.803. The molecule has 0 amide bonds. The van der Waals surface area contributed by atoms with Crippen LogP contribution in [-0.4, -0.2) is 17.2 Å². The SMILES string of the molecule is Cn1cc(CCNC2CC2)c2cc(Br)ccc21. The van der Waals surface area contributed by atoms with Gasteiger partial charge in [0.1, 0.15) is 0 Å². The number of aromatic nitrogens is 1. The molecule has 3 heteroatoms. The third-order valence-corrected chi connectivity index (χ3v) is 3.93. The molecule has 0 bridgehead atoms. The molecular weight excluding hydrogens is 276 g/mol. The van der Waals surface area contributed by atoms with Gasteiger partial charge in [-0.2, -0.15) is 0 Å². The lowest BCUT2D eigenvalue weighted by Gasteiger charge is -2.01. The number of rotatable bonds is 4. The maximum absolute atomic E-state index is 3.57. The first-order valence-electron chi connectivity index (χ1n) is 6.21. The molecule has 0 atom stereocenters. The van der Waals surface area contributed by atoms with Crippen LogP contribution in [0.4, 0.5) is 0 Å². The van der Waals surface area contributed by atoms with Crippen LogP contribution < -0.4 is 5.32 Å². The summed E-state index contributed by atoms with van der Waals surface area (Å²) < 4.78 is 3.38. The maximum atomic E-state index is 3.57. The Morgan fingerprint density at radius 2 is 2.24 bits per heavy atom. The third kappa shape index (κ3) is 2.40. The normalized spacial score (nSPS) is 15.6. The molecule has 0 spiro atoms. The van der Waals surface area contributed by atoms with Gasteiger partial charge in [0.15, 0.2) is 0 Å². The van der Waals surface area contributed by atoms with Crippen molar-refractivity contribution in [1.82, 2.24) is 9.88 Å². The van der Waals surface area contributed by atoms with Crippen molar-refractivity contribution >= 4 is 26.8 Å². The van der Waals surface area contributed by atoms with E-state index in [0.717, 1.165) is 23.5 Å². The highest BCUT2D eigenvalue weighted by molar-refractivity contribution is 9.10. The van der Waals surface area contributed by atoms with Gasteiger partial charge in [-0.15, -0.1) is 0 Å². The fourth-order valence-corrected chi connectivity index (χ4v) is 2.70. The zero-order valence-corrected chi connectivity index (χ0v) is 11.6. The van der Waals surface area contributed by atoms with Crippen LogP contribution in [0.2, 0.25) is 0 Å². The molecule has 1 heterocycles. The molecule has 1 aliphatic rings. The Bertz CT molecular complexity index is 540. The van der Waals surface area contributed by atoms with Crippen LogP contribution in [0.1, 0.15) is 18.4 Å². The van der Waals surface area contributed by atoms with Crippen LogP contribution in [0, 0.1) is 0 Å². The summed E-state index contributed by atoms with van der Waals surface area (Å²) in [5, 5.41) is 4.95. The van der Waals surface area contributed by atoms with Gasteiger partial charge in [-0.25, -0.2) is 0 Å². The Morgan fingerprint density at radius 1 is 1.41 bits per heavy atom. The van der Waals surface area contributed by atoms with Crippen LogP contribution in [0.15, 0.2) is 28.9 Å². The monoisotopic (exact) mass is 292 g/mol. The van der Waals surface area contributed by atoms with Crippen LogP contribution in [0.3, 0.4) is 0 Å². The van der Waals surface area contributed by atoms with Crippen molar-refractivity contribution in [2.75, 3.05) is 6.54 Å². The minimum Gasteiger partial charge on any atom is -0.350 e. The first-order valence-corrected chi connectivity index (χ1v) is 7.00. The van der Waals surface area contributed by atoms with E-state index in [1.807, 2.05) is 0 Å². The molecule has 1 aliphatic carbocycles. The summed E-state index contributed by atoms with van der Waals surface area (Å²) in [7, 11) is 2.12. The van der Waals surface area contributed by atoms with E-state index in [1.54, 1.807) is 0 Å². The predicted molar refractivity (Wildman–Crippen MR) is 75.3 cm³/mol. The Morgan fingerprint density at radius 3 is 3.00 bits per heavy atom. The molecule has 0 radical (unpaired) electrons. The lowest BCUT2D eigenvalue weighted by Crippen LogP contribution is -2.19. The quantitative estimate of drug-likeness (QED) is 0.915. The first-order chi connectivity index (χ1) is 8.24. The van der Waals surface area contributed by atoms with E-state index >= 15 is 0 Å². The highest BCUT2D eigenvalue weighted by Crippen LogP contribution is 2.25. The van der Waals surface area contributed by atoms with Gasteiger partial charge in [0, 0.05) is 34.7 Å². The number of fused-ring (bicyclic) bond motifs is 1. The summed E-state index contributed by atoms with van der Waals surface area (Å²) in [5.74, 6) is 0. The van der Waals surface area contributed by atoms with Crippen molar-refractivity contribution in [1.29, 1.82) is 0 Å². The van der Waals surface area contributed by atoms with E-state index in [4.69, 9.17) is 0 Å². The van der Waals surface area contributed by atoms with Gasteiger partial charge in [0.2, 0.25) is 0 Å². The van der Waals surface area contributed by atoms with Crippen molar-refractivity contribution in [2.45, 2.75) is 25.3 Å². The van der Waals surface area contributed by atoms with Gasteiger partial charge in [0.05, 0.1) is 0 Å². The maximum Gasteiger partial charge on any atom is 0.0481 e. The van der Waals surface area contributed by atoms with Crippen LogP contribution in [0.5, 0.6) is 0 Å². The van der Waals surface area contributed by atoms with Gasteiger partial charge >= 0.3 is 0 Å². The average molecular weight is 293 g/mol. The van der Waals surface area contributed by atoms with Crippen molar-refractivity contribution < 1.29 is 0 Å². The Hall–Kier alpha value is -0.800. The summed E-state index contributed by atoms with van der Waals surface area (Å²) >= 11 is 3.55. The van der Waals surface area contributed by atoms with E-state index in [-0.39, 0.29) is 0 Å². The molecule has 1 aromatic heterocycles. The van der Waals surface area contributed by atoms with E-state index in [2.05, 4.69) is 57.3 Å². The molecule has 1 N–H and O–H groups in total. The molecule has 1 fully saturated rings. The zero-order valence-electron chi connectivity index (χ0n) is 10.0. The molecule has 1 aromatic carbocycles. The fraction of sp³-hybridized carbons (Fsp3) is 0.429. The molecule has 1 saturated carbocycles. The van der Waals surface area contributed by atoms with Crippen molar-refractivity contribution in [2.24, 2.45) is 7.05 Å². The van der Waals surface area contributed by atoms with Gasteiger partial charge < -0.3 is 9.88 Å². The minimum atomic E-state index is 0.803. The number of hydrogen-bond acceptors (Lipinski definition) is 1. The zero-order chi connectivity index (χ0) is 11.8. The molecule has 0 aliphatic heterocycles. The van der Waals surface area contributed by atoms with Crippen molar-refractivity contribution in [3.63, 3.8) is 0 Å². The molecule has 17 heavy (non-hydrogen) atoms. The number of halogens is 1. The van der Waals surface area contributed by atoms with Crippen LogP contribution >= 0.6 is 15.9 Å². The number of hydrogen-bond donors (Lipinski definition) is 1. The predicted octanol–water partition coefficient (Wildman–Crippen LogP) is 3.24. The highest BCUT2D eigenvalue weighted by Gasteiger charge is 2.19. The summed E-state index contributed by atoms with van der Waals surface area (Å²) in [6.45, 7) is 1.09. The van der Waals surface area contributed by atoms with Crippen molar-refractivity contribution in [3.05, 3.63) is 34.4 Å². The second-order valence-corrected chi connectivity index (χ2v) is 5.82. The Kier molecular flexibility index (Phi) is 2.97. The first kappa shape index (κ1) is 11.3. The smallest absolute Gasteiger partial charge is 0.0481 e. The number of benzene rings is 1. The molecule has 2 aromatic rings.